The summed E-state index contributed by atoms with van der Waals surface area (Å²) in [5, 5.41) is 9.50. The summed E-state index contributed by atoms with van der Waals surface area (Å²) in [6.45, 7) is 6.04. The van der Waals surface area contributed by atoms with Crippen molar-refractivity contribution in [1.29, 1.82) is 0 Å². The van der Waals surface area contributed by atoms with Gasteiger partial charge in [-0.1, -0.05) is 13.8 Å². The number of aliphatic hydroxyl groups is 1. The standard InChI is InChI=1S/C10H20O3/c1-8(2)10(11)7-13-9-3-5-12-6-4-9/h8-11H,3-7H2,1-2H3. The van der Waals surface area contributed by atoms with E-state index < -0.39 is 0 Å². The minimum Gasteiger partial charge on any atom is -0.390 e. The first-order valence-corrected chi connectivity index (χ1v) is 5.07. The third-order valence-electron chi connectivity index (χ3n) is 2.44. The fraction of sp³-hybridized carbons (Fsp3) is 1.00. The molecule has 0 saturated carbocycles. The smallest absolute Gasteiger partial charge is 0.0796 e. The van der Waals surface area contributed by atoms with Crippen molar-refractivity contribution in [3.8, 4) is 0 Å². The maximum Gasteiger partial charge on any atom is 0.0796 e. The first kappa shape index (κ1) is 11.0. The SMILES string of the molecule is CC(C)C(O)COC1CCOCC1. The van der Waals surface area contributed by atoms with Crippen LogP contribution in [-0.4, -0.2) is 37.1 Å². The van der Waals surface area contributed by atoms with Crippen LogP contribution in [0.1, 0.15) is 26.7 Å². The highest BCUT2D eigenvalue weighted by Gasteiger charge is 2.16. The molecule has 0 amide bonds. The largest absolute Gasteiger partial charge is 0.390 e. The molecule has 1 aliphatic heterocycles. The number of hydrogen-bond acceptors (Lipinski definition) is 3. The summed E-state index contributed by atoms with van der Waals surface area (Å²) in [6, 6.07) is 0. The Balaban J connectivity index is 2.10. The molecular weight excluding hydrogens is 168 g/mol. The Bertz CT molecular complexity index is 130. The molecule has 0 aromatic carbocycles. The maximum atomic E-state index is 9.50. The van der Waals surface area contributed by atoms with E-state index in [1.807, 2.05) is 13.8 Å². The predicted octanol–water partition coefficient (Wildman–Crippen LogP) is 1.20. The molecule has 1 unspecified atom stereocenters. The van der Waals surface area contributed by atoms with Crippen LogP contribution in [0.3, 0.4) is 0 Å². The fourth-order valence-corrected chi connectivity index (χ4v) is 1.27. The van der Waals surface area contributed by atoms with Crippen LogP contribution in [0.25, 0.3) is 0 Å². The van der Waals surface area contributed by atoms with Crippen LogP contribution >= 0.6 is 0 Å². The lowest BCUT2D eigenvalue weighted by molar-refractivity contribution is -0.0673. The fourth-order valence-electron chi connectivity index (χ4n) is 1.27. The molecule has 1 aliphatic rings. The highest BCUT2D eigenvalue weighted by Crippen LogP contribution is 2.12. The van der Waals surface area contributed by atoms with Crippen LogP contribution in [0, 0.1) is 5.92 Å². The monoisotopic (exact) mass is 188 g/mol. The molecule has 1 saturated heterocycles. The molecule has 0 aromatic rings. The van der Waals surface area contributed by atoms with Crippen molar-refractivity contribution in [3.05, 3.63) is 0 Å². The Labute approximate surface area is 80.0 Å². The average Bonchev–Trinajstić information content (AvgIpc) is 2.15. The van der Waals surface area contributed by atoms with Gasteiger partial charge in [0, 0.05) is 13.2 Å². The van der Waals surface area contributed by atoms with E-state index in [2.05, 4.69) is 0 Å². The van der Waals surface area contributed by atoms with Gasteiger partial charge >= 0.3 is 0 Å². The van der Waals surface area contributed by atoms with Gasteiger partial charge < -0.3 is 14.6 Å². The molecule has 1 fully saturated rings. The second kappa shape index (κ2) is 5.58. The zero-order valence-corrected chi connectivity index (χ0v) is 8.53. The Hall–Kier alpha value is -0.120. The van der Waals surface area contributed by atoms with Crippen LogP contribution in [0.15, 0.2) is 0 Å². The van der Waals surface area contributed by atoms with E-state index in [1.165, 1.54) is 0 Å². The Kier molecular flexibility index (Phi) is 4.70. The van der Waals surface area contributed by atoms with Crippen LogP contribution in [0.4, 0.5) is 0 Å². The van der Waals surface area contributed by atoms with E-state index in [4.69, 9.17) is 9.47 Å². The summed E-state index contributed by atoms with van der Waals surface area (Å²) < 4.78 is 10.8. The van der Waals surface area contributed by atoms with Gasteiger partial charge in [-0.25, -0.2) is 0 Å². The molecular formula is C10H20O3. The van der Waals surface area contributed by atoms with E-state index >= 15 is 0 Å². The number of hydrogen-bond donors (Lipinski definition) is 1. The quantitative estimate of drug-likeness (QED) is 0.720. The molecule has 1 atom stereocenters. The Morgan fingerprint density at radius 1 is 1.38 bits per heavy atom. The maximum absolute atomic E-state index is 9.50. The molecule has 0 bridgehead atoms. The van der Waals surface area contributed by atoms with Crippen LogP contribution in [-0.2, 0) is 9.47 Å². The number of ether oxygens (including phenoxy) is 2. The van der Waals surface area contributed by atoms with Crippen LogP contribution in [0.5, 0.6) is 0 Å². The molecule has 0 aromatic heterocycles. The normalized spacial score (nSPS) is 22.2. The van der Waals surface area contributed by atoms with Crippen LogP contribution < -0.4 is 0 Å². The second-order valence-electron chi connectivity index (χ2n) is 3.96. The van der Waals surface area contributed by atoms with Gasteiger partial charge in [0.05, 0.1) is 18.8 Å². The van der Waals surface area contributed by atoms with Crippen molar-refractivity contribution in [3.63, 3.8) is 0 Å². The first-order valence-electron chi connectivity index (χ1n) is 5.07. The Morgan fingerprint density at radius 3 is 2.54 bits per heavy atom. The summed E-state index contributed by atoms with van der Waals surface area (Å²) in [4.78, 5) is 0. The lowest BCUT2D eigenvalue weighted by atomic mass is 10.1. The zero-order chi connectivity index (χ0) is 9.68. The van der Waals surface area contributed by atoms with E-state index in [1.54, 1.807) is 0 Å². The van der Waals surface area contributed by atoms with E-state index in [0.29, 0.717) is 12.7 Å². The highest BCUT2D eigenvalue weighted by molar-refractivity contribution is 4.65. The molecule has 0 spiro atoms. The van der Waals surface area contributed by atoms with E-state index in [0.717, 1.165) is 26.1 Å². The van der Waals surface area contributed by atoms with Gasteiger partial charge in [-0.15, -0.1) is 0 Å². The summed E-state index contributed by atoms with van der Waals surface area (Å²) in [7, 11) is 0. The molecule has 0 radical (unpaired) electrons. The summed E-state index contributed by atoms with van der Waals surface area (Å²) >= 11 is 0. The van der Waals surface area contributed by atoms with Gasteiger partial charge in [-0.2, -0.15) is 0 Å². The van der Waals surface area contributed by atoms with Gasteiger partial charge in [0.15, 0.2) is 0 Å². The second-order valence-corrected chi connectivity index (χ2v) is 3.96. The molecule has 3 heteroatoms. The van der Waals surface area contributed by atoms with Crippen molar-refractivity contribution in [2.45, 2.75) is 38.9 Å². The van der Waals surface area contributed by atoms with Crippen molar-refractivity contribution >= 4 is 0 Å². The number of aliphatic hydroxyl groups excluding tert-OH is 1. The van der Waals surface area contributed by atoms with Crippen molar-refractivity contribution in [2.75, 3.05) is 19.8 Å². The summed E-state index contributed by atoms with van der Waals surface area (Å²) in [5.74, 6) is 0.278. The highest BCUT2D eigenvalue weighted by atomic mass is 16.5. The molecule has 1 rings (SSSR count). The minimum absolute atomic E-state index is 0.278. The molecule has 3 nitrogen and oxygen atoms in total. The van der Waals surface area contributed by atoms with Crippen molar-refractivity contribution < 1.29 is 14.6 Å². The first-order chi connectivity index (χ1) is 6.20. The van der Waals surface area contributed by atoms with E-state index in [-0.39, 0.29) is 12.0 Å². The minimum atomic E-state index is -0.331. The van der Waals surface area contributed by atoms with E-state index in [9.17, 15) is 5.11 Å². The topological polar surface area (TPSA) is 38.7 Å². The van der Waals surface area contributed by atoms with Crippen molar-refractivity contribution in [2.24, 2.45) is 5.92 Å². The number of rotatable bonds is 4. The molecule has 1 N–H and O–H groups in total. The average molecular weight is 188 g/mol. The van der Waals surface area contributed by atoms with Gasteiger partial charge in [-0.05, 0) is 18.8 Å². The lowest BCUT2D eigenvalue weighted by Crippen LogP contribution is -2.29. The van der Waals surface area contributed by atoms with Gasteiger partial charge in [-0.3, -0.25) is 0 Å². The third kappa shape index (κ3) is 4.07. The molecule has 13 heavy (non-hydrogen) atoms. The van der Waals surface area contributed by atoms with Gasteiger partial charge in [0.1, 0.15) is 0 Å². The lowest BCUT2D eigenvalue weighted by Gasteiger charge is -2.24. The van der Waals surface area contributed by atoms with Gasteiger partial charge in [0.25, 0.3) is 0 Å². The Morgan fingerprint density at radius 2 is 2.00 bits per heavy atom. The molecule has 78 valence electrons. The molecule has 1 heterocycles. The zero-order valence-electron chi connectivity index (χ0n) is 8.53. The van der Waals surface area contributed by atoms with Gasteiger partial charge in [0.2, 0.25) is 0 Å². The molecule has 0 aliphatic carbocycles. The third-order valence-corrected chi connectivity index (χ3v) is 2.44. The van der Waals surface area contributed by atoms with Crippen LogP contribution in [0.2, 0.25) is 0 Å². The predicted molar refractivity (Wildman–Crippen MR) is 50.6 cm³/mol. The summed E-state index contributed by atoms with van der Waals surface area (Å²) in [5.41, 5.74) is 0. The summed E-state index contributed by atoms with van der Waals surface area (Å²) in [6.07, 6.45) is 1.89. The van der Waals surface area contributed by atoms with Crippen molar-refractivity contribution in [1.82, 2.24) is 0 Å².